The van der Waals surface area contributed by atoms with Gasteiger partial charge in [-0.05, 0) is 6.42 Å². The van der Waals surface area contributed by atoms with Crippen LogP contribution >= 0.6 is 0 Å². The Hall–Kier alpha value is -0.650. The van der Waals surface area contributed by atoms with E-state index in [2.05, 4.69) is 6.92 Å². The van der Waals surface area contributed by atoms with Crippen molar-refractivity contribution in [1.29, 1.82) is 0 Å². The van der Waals surface area contributed by atoms with Crippen LogP contribution in [0.1, 0.15) is 71.1 Å². The molecule has 0 fully saturated rings. The van der Waals surface area contributed by atoms with Gasteiger partial charge in [-0.25, -0.2) is 0 Å². The molecule has 6 N–H and O–H groups in total. The third-order valence-electron chi connectivity index (χ3n) is 3.14. The summed E-state index contributed by atoms with van der Waals surface area (Å²) < 4.78 is 4.85. The van der Waals surface area contributed by atoms with E-state index in [4.69, 9.17) is 21.9 Å². The lowest BCUT2D eigenvalue weighted by Crippen LogP contribution is -2.53. The van der Waals surface area contributed by atoms with E-state index in [0.29, 0.717) is 6.42 Å². The van der Waals surface area contributed by atoms with Crippen LogP contribution in [0.15, 0.2) is 0 Å². The van der Waals surface area contributed by atoms with Crippen LogP contribution < -0.4 is 17.2 Å². The molecule has 0 amide bonds. The van der Waals surface area contributed by atoms with E-state index in [1.165, 1.54) is 44.9 Å². The van der Waals surface area contributed by atoms with Crippen molar-refractivity contribution >= 4 is 5.97 Å². The van der Waals surface area contributed by atoms with Crippen molar-refractivity contribution in [2.75, 3.05) is 6.54 Å². The molecule has 114 valence electrons. The molecule has 0 aromatic heterocycles. The normalized spacial score (nSPS) is 11.6. The zero-order valence-electron chi connectivity index (χ0n) is 12.3. The lowest BCUT2D eigenvalue weighted by atomic mass is 10.1. The summed E-state index contributed by atoms with van der Waals surface area (Å²) in [5, 5.41) is 0. The highest BCUT2D eigenvalue weighted by Gasteiger charge is 2.22. The van der Waals surface area contributed by atoms with E-state index in [1.807, 2.05) is 0 Å². The van der Waals surface area contributed by atoms with E-state index in [-0.39, 0.29) is 6.54 Å². The van der Waals surface area contributed by atoms with Crippen LogP contribution in [0.3, 0.4) is 0 Å². The number of esters is 1. The first-order valence-corrected chi connectivity index (χ1v) is 7.51. The number of hydrogen-bond donors (Lipinski definition) is 3. The number of carbonyl (C=O) groups is 1. The molecule has 0 unspecified atom stereocenters. The molecule has 0 atom stereocenters. The van der Waals surface area contributed by atoms with E-state index < -0.39 is 11.8 Å². The lowest BCUT2D eigenvalue weighted by Gasteiger charge is -2.24. The highest BCUT2D eigenvalue weighted by atomic mass is 16.6. The maximum atomic E-state index is 11.0. The quantitative estimate of drug-likeness (QED) is 0.286. The lowest BCUT2D eigenvalue weighted by molar-refractivity contribution is -0.157. The van der Waals surface area contributed by atoms with Gasteiger partial charge < -0.3 is 10.5 Å². The van der Waals surface area contributed by atoms with Gasteiger partial charge in [-0.3, -0.25) is 16.3 Å². The minimum Gasteiger partial charge on any atom is -0.430 e. The molecule has 5 heteroatoms. The second kappa shape index (κ2) is 11.2. The first-order chi connectivity index (χ1) is 9.02. The first-order valence-electron chi connectivity index (χ1n) is 7.51. The van der Waals surface area contributed by atoms with Gasteiger partial charge in [0.25, 0.3) is 0 Å². The number of hydrogen-bond acceptors (Lipinski definition) is 5. The van der Waals surface area contributed by atoms with Crippen LogP contribution in [0.5, 0.6) is 0 Å². The Morgan fingerprint density at radius 2 is 1.42 bits per heavy atom. The molecule has 0 bridgehead atoms. The highest BCUT2D eigenvalue weighted by Crippen LogP contribution is 2.13. The van der Waals surface area contributed by atoms with Crippen molar-refractivity contribution < 1.29 is 9.53 Å². The van der Waals surface area contributed by atoms with E-state index >= 15 is 0 Å². The third-order valence-corrected chi connectivity index (χ3v) is 3.14. The third kappa shape index (κ3) is 12.1. The number of nitrogens with two attached hydrogens (primary N) is 3. The van der Waals surface area contributed by atoms with Crippen LogP contribution in [-0.2, 0) is 9.53 Å². The monoisotopic (exact) mass is 273 g/mol. The summed E-state index contributed by atoms with van der Waals surface area (Å²) in [6.45, 7) is 2.04. The van der Waals surface area contributed by atoms with Gasteiger partial charge in [0.1, 0.15) is 0 Å². The maximum absolute atomic E-state index is 11.0. The van der Waals surface area contributed by atoms with Crippen molar-refractivity contribution in [3.63, 3.8) is 0 Å². The van der Waals surface area contributed by atoms with Gasteiger partial charge in [0.05, 0.1) is 6.54 Å². The molecule has 0 saturated carbocycles. The molecule has 19 heavy (non-hydrogen) atoms. The van der Waals surface area contributed by atoms with E-state index in [9.17, 15) is 4.79 Å². The summed E-state index contributed by atoms with van der Waals surface area (Å²) in [7, 11) is 0. The van der Waals surface area contributed by atoms with Gasteiger partial charge in [0, 0.05) is 6.42 Å². The van der Waals surface area contributed by atoms with Gasteiger partial charge in [0.15, 0.2) is 0 Å². The Labute approximate surface area is 117 Å². The fourth-order valence-electron chi connectivity index (χ4n) is 2.02. The van der Waals surface area contributed by atoms with Crippen molar-refractivity contribution in [2.45, 2.75) is 77.0 Å². The second-order valence-corrected chi connectivity index (χ2v) is 5.21. The number of ether oxygens (including phenoxy) is 1. The standard InChI is InChI=1S/C14H31N3O2/c1-2-3-4-5-6-7-8-9-10-11-14(16,17)19-13(18)12-15/h2-12,15-17H2,1H3. The second-order valence-electron chi connectivity index (χ2n) is 5.21. The Balaban J connectivity index is 3.40. The fourth-order valence-corrected chi connectivity index (χ4v) is 2.02. The molecule has 0 aromatic carbocycles. The largest absolute Gasteiger partial charge is 0.430 e. The molecule has 0 spiro atoms. The molecule has 0 rings (SSSR count). The van der Waals surface area contributed by atoms with Crippen LogP contribution in [-0.4, -0.2) is 18.4 Å². The zero-order valence-corrected chi connectivity index (χ0v) is 12.3. The van der Waals surface area contributed by atoms with Crippen molar-refractivity contribution in [3.8, 4) is 0 Å². The summed E-state index contributed by atoms with van der Waals surface area (Å²) in [5.74, 6) is -1.92. The zero-order chi connectivity index (χ0) is 14.6. The SMILES string of the molecule is CCCCCCCCCCCC(N)(N)OC(=O)CN. The molecule has 0 aromatic rings. The van der Waals surface area contributed by atoms with E-state index in [1.54, 1.807) is 0 Å². The van der Waals surface area contributed by atoms with Gasteiger partial charge in [-0.2, -0.15) is 0 Å². The number of unbranched alkanes of at least 4 members (excludes halogenated alkanes) is 8. The summed E-state index contributed by atoms with van der Waals surface area (Å²) in [6.07, 6.45) is 11.5. The molecule has 0 radical (unpaired) electrons. The molecular formula is C14H31N3O2. The summed E-state index contributed by atoms with van der Waals surface area (Å²) in [6, 6.07) is 0. The molecule has 0 aliphatic heterocycles. The smallest absolute Gasteiger partial charge is 0.322 e. The maximum Gasteiger partial charge on any atom is 0.322 e. The van der Waals surface area contributed by atoms with Crippen LogP contribution in [0.2, 0.25) is 0 Å². The fraction of sp³-hybridized carbons (Fsp3) is 0.929. The average Bonchev–Trinajstić information content (AvgIpc) is 2.36. The number of carbonyl (C=O) groups excluding carboxylic acids is 1. The number of rotatable bonds is 12. The Morgan fingerprint density at radius 3 is 1.89 bits per heavy atom. The molecule has 0 aliphatic rings. The summed E-state index contributed by atoms with van der Waals surface area (Å²) in [4.78, 5) is 11.0. The van der Waals surface area contributed by atoms with E-state index in [0.717, 1.165) is 12.8 Å². The Morgan fingerprint density at radius 1 is 0.947 bits per heavy atom. The predicted octanol–water partition coefficient (Wildman–Crippen LogP) is 1.98. The van der Waals surface area contributed by atoms with Crippen molar-refractivity contribution in [3.05, 3.63) is 0 Å². The van der Waals surface area contributed by atoms with Crippen molar-refractivity contribution in [2.24, 2.45) is 17.2 Å². The molecule has 0 aliphatic carbocycles. The summed E-state index contributed by atoms with van der Waals surface area (Å²) >= 11 is 0. The Bertz CT molecular complexity index is 233. The van der Waals surface area contributed by atoms with Gasteiger partial charge in [0.2, 0.25) is 5.85 Å². The topological polar surface area (TPSA) is 104 Å². The van der Waals surface area contributed by atoms with Crippen LogP contribution in [0.25, 0.3) is 0 Å². The minimum atomic E-state index is -1.36. The average molecular weight is 273 g/mol. The first kappa shape index (κ1) is 18.4. The minimum absolute atomic E-state index is 0.187. The predicted molar refractivity (Wildman–Crippen MR) is 78.1 cm³/mol. The molecule has 0 heterocycles. The van der Waals surface area contributed by atoms with Gasteiger partial charge >= 0.3 is 5.97 Å². The van der Waals surface area contributed by atoms with Gasteiger partial charge in [-0.1, -0.05) is 58.3 Å². The molecule has 0 saturated heterocycles. The Kier molecular flexibility index (Phi) is 10.8. The van der Waals surface area contributed by atoms with Crippen LogP contribution in [0.4, 0.5) is 0 Å². The van der Waals surface area contributed by atoms with Crippen LogP contribution in [0, 0.1) is 0 Å². The van der Waals surface area contributed by atoms with Crippen molar-refractivity contribution in [1.82, 2.24) is 0 Å². The van der Waals surface area contributed by atoms with Gasteiger partial charge in [-0.15, -0.1) is 0 Å². The molecule has 5 nitrogen and oxygen atoms in total. The molecular weight excluding hydrogens is 242 g/mol. The summed E-state index contributed by atoms with van der Waals surface area (Å²) in [5.41, 5.74) is 16.5. The highest BCUT2D eigenvalue weighted by molar-refractivity contribution is 5.71.